The number of benzene rings is 7. The van der Waals surface area contributed by atoms with Crippen LogP contribution in [0.15, 0.2) is 182 Å². The molecule has 4 nitrogen and oxygen atoms in total. The summed E-state index contributed by atoms with van der Waals surface area (Å²) < 4.78 is 309. The molecule has 9 aromatic rings. The molecule has 294 valence electrons. The van der Waals surface area contributed by atoms with Crippen molar-refractivity contribution in [3.8, 4) is 78.6 Å². The summed E-state index contributed by atoms with van der Waals surface area (Å²) in [7, 11) is 0. The lowest BCUT2D eigenvalue weighted by Gasteiger charge is -2.27. The zero-order valence-electron chi connectivity index (χ0n) is 65.8. The molecule has 0 radical (unpaired) electrons. The van der Waals surface area contributed by atoms with Crippen LogP contribution >= 0.6 is 0 Å². The van der Waals surface area contributed by atoms with Crippen LogP contribution in [-0.4, -0.2) is 19.6 Å². The lowest BCUT2D eigenvalue weighted by molar-refractivity contribution is 0.446. The van der Waals surface area contributed by atoms with Crippen molar-refractivity contribution in [2.75, 3.05) is 0 Å². The van der Waals surface area contributed by atoms with Crippen molar-refractivity contribution >= 4 is 11.0 Å². The molecular formula is C56H49N3O. The number of imidazole rings is 1. The maximum Gasteiger partial charge on any atom is 0.149 e. The molecule has 4 heteroatoms. The SMILES string of the molecule is [2H]c1nc(-c2cc(-c3ccccc3)cc(-c3cccc4c3nc(-c3cc(C(C([2H])([2H])[2H])(C([2H])([2H])[2H])C([2H])([2H])[2H])cc(C(C([2H])([2H])[2H])(C([2H])([2H])[2H])C([2H])([2H])[2H])c3O)n4-c3c([2H])c([2H])c([2H])c([2H])c3-c3c([2H])c([2H])c([2H])c([2H])c3[2H])c2)c([2H])c(-c2c([2H])c([2H])c([2H])c([2H])c2[2H])c1[2H]. The van der Waals surface area contributed by atoms with E-state index < -0.39 is 228 Å². The van der Waals surface area contributed by atoms with Gasteiger partial charge < -0.3 is 5.11 Å². The normalized spacial score (nSPS) is 21.6. The van der Waals surface area contributed by atoms with Crippen LogP contribution in [-0.2, 0) is 10.8 Å². The Bertz CT molecular complexity index is 4540. The van der Waals surface area contributed by atoms with Gasteiger partial charge in [0.2, 0.25) is 0 Å². The molecule has 0 unspecified atom stereocenters. The predicted molar refractivity (Wildman–Crippen MR) is 251 cm³/mol. The lowest BCUT2D eigenvalue weighted by Crippen LogP contribution is -2.17. The minimum atomic E-state index is -4.49. The molecular weight excluding hydrogens is 731 g/mol. The fourth-order valence-corrected chi connectivity index (χ4v) is 6.75. The number of fused-ring (bicyclic) bond motifs is 1. The highest BCUT2D eigenvalue weighted by Crippen LogP contribution is 2.45. The molecule has 2 heterocycles. The van der Waals surface area contributed by atoms with Crippen LogP contribution in [0.5, 0.6) is 5.75 Å². The standard InChI is InChI=1S/C56H49N3O/c1-55(2,3)44-35-47(53(60)48(36-44)56(4,5)6)54-58-52-46(26-18-28-51(52)59(54)50-27-17-16-25-45(50)39-23-14-9-15-24-39)42-31-41(38-21-12-8-13-22-38)32-43(33-42)49-34-40(29-30-57-49)37-19-10-7-11-20-37/h7-36,60H,1-6H3/i1D3,2D3,3D3,4D3,5D3,6D3,7D,9D,10D,11D,14D,15D,16D,17D,19D,20D,23D,24D,25D,27D,29D,30D,34D. The van der Waals surface area contributed by atoms with Crippen LogP contribution in [0.25, 0.3) is 83.9 Å². The number of rotatable bonds is 7. The van der Waals surface area contributed by atoms with Gasteiger partial charge in [-0.3, -0.25) is 9.55 Å². The van der Waals surface area contributed by atoms with Gasteiger partial charge in [-0.05, 0) is 98.2 Å². The van der Waals surface area contributed by atoms with Gasteiger partial charge in [0.25, 0.3) is 0 Å². The molecule has 0 fully saturated rings. The highest BCUT2D eigenvalue weighted by Gasteiger charge is 2.29. The topological polar surface area (TPSA) is 50.9 Å². The van der Waals surface area contributed by atoms with Gasteiger partial charge >= 0.3 is 0 Å². The van der Waals surface area contributed by atoms with Crippen LogP contribution in [0.4, 0.5) is 0 Å². The largest absolute Gasteiger partial charge is 0.507 e. The molecule has 0 atom stereocenters. The molecule has 0 saturated heterocycles. The van der Waals surface area contributed by atoms with E-state index in [4.69, 9.17) is 48.8 Å². The predicted octanol–water partition coefficient (Wildman–Crippen LogP) is 14.7. The molecule has 0 aliphatic carbocycles. The Labute approximate surface area is 402 Å². The smallest absolute Gasteiger partial charge is 0.149 e. The molecule has 7 aromatic carbocycles. The second-order valence-corrected chi connectivity index (χ2v) is 13.4. The maximum atomic E-state index is 13.1. The molecule has 60 heavy (non-hydrogen) atoms. The Balaban J connectivity index is 1.59. The van der Waals surface area contributed by atoms with Gasteiger partial charge in [0.05, 0.1) is 51.3 Å². The van der Waals surface area contributed by atoms with Crippen molar-refractivity contribution in [1.82, 2.24) is 14.5 Å². The first-order chi connectivity index (χ1) is 43.5. The van der Waals surface area contributed by atoms with Crippen molar-refractivity contribution in [2.45, 2.75) is 51.9 Å². The summed E-state index contributed by atoms with van der Waals surface area (Å²) in [5.74, 6) is -2.95. The summed E-state index contributed by atoms with van der Waals surface area (Å²) in [6, 6.07) is 0.804. The van der Waals surface area contributed by atoms with Gasteiger partial charge in [0, 0.05) is 53.1 Å². The van der Waals surface area contributed by atoms with E-state index in [-0.39, 0.29) is 28.3 Å². The number of para-hydroxylation sites is 2. The van der Waals surface area contributed by atoms with E-state index in [2.05, 4.69) is 4.98 Å². The second-order valence-electron chi connectivity index (χ2n) is 13.4. The molecule has 0 saturated carbocycles. The average Bonchev–Trinajstić information content (AvgIpc) is 1.35. The minimum Gasteiger partial charge on any atom is -0.507 e. The Hall–Kier alpha value is -7.04. The molecule has 0 bridgehead atoms. The summed E-state index contributed by atoms with van der Waals surface area (Å²) in [6.45, 7) is -26.3. The maximum absolute atomic E-state index is 13.1. The third-order valence-corrected chi connectivity index (χ3v) is 9.48. The van der Waals surface area contributed by atoms with E-state index in [1.54, 1.807) is 30.3 Å². The monoisotopic (exact) mass is 815 g/mol. The van der Waals surface area contributed by atoms with E-state index in [1.165, 1.54) is 30.3 Å². The van der Waals surface area contributed by atoms with E-state index in [0.717, 1.165) is 6.07 Å². The van der Waals surface area contributed by atoms with Crippen molar-refractivity contribution < 1.29 is 53.1 Å². The molecule has 0 aliphatic heterocycles. The van der Waals surface area contributed by atoms with Gasteiger partial charge in [0.15, 0.2) is 0 Å². The first kappa shape index (κ1) is 15.5. The van der Waals surface area contributed by atoms with Crippen LogP contribution in [0.1, 0.15) is 100 Å². The second kappa shape index (κ2) is 15.3. The van der Waals surface area contributed by atoms with E-state index in [1.807, 2.05) is 0 Å². The quantitative estimate of drug-likeness (QED) is 0.174. The van der Waals surface area contributed by atoms with Crippen LogP contribution in [0.3, 0.4) is 0 Å². The van der Waals surface area contributed by atoms with Crippen LogP contribution in [0.2, 0.25) is 0 Å². The Kier molecular flexibility index (Phi) is 3.96. The summed E-state index contributed by atoms with van der Waals surface area (Å²) in [6.07, 6.45) is -0.849. The zero-order valence-corrected chi connectivity index (χ0v) is 30.8. The molecule has 0 spiro atoms. The number of aromatic nitrogens is 3. The summed E-state index contributed by atoms with van der Waals surface area (Å²) in [4.78, 5) is 9.08. The van der Waals surface area contributed by atoms with E-state index in [9.17, 15) is 9.22 Å². The molecule has 0 amide bonds. The van der Waals surface area contributed by atoms with Crippen molar-refractivity contribution in [3.63, 3.8) is 0 Å². The Morgan fingerprint density at radius 1 is 0.550 bits per heavy atom. The summed E-state index contributed by atoms with van der Waals surface area (Å²) in [5, 5.41) is 13.1. The highest BCUT2D eigenvalue weighted by atomic mass is 16.3. The average molecular weight is 815 g/mol. The fraction of sp³-hybridized carbons (Fsp3) is 0.143. The number of nitrogens with zero attached hydrogens (tertiary/aromatic N) is 3. The molecule has 9 rings (SSSR count). The first-order valence-corrected chi connectivity index (χ1v) is 17.8. The van der Waals surface area contributed by atoms with Gasteiger partial charge in [0.1, 0.15) is 11.6 Å². The van der Waals surface area contributed by atoms with Gasteiger partial charge in [-0.15, -0.1) is 0 Å². The van der Waals surface area contributed by atoms with Crippen molar-refractivity contribution in [1.29, 1.82) is 0 Å². The third-order valence-electron chi connectivity index (χ3n) is 9.48. The molecule has 0 aliphatic rings. The van der Waals surface area contributed by atoms with Gasteiger partial charge in [-0.1, -0.05) is 168 Å². The van der Waals surface area contributed by atoms with Crippen LogP contribution in [0, 0.1) is 0 Å². The summed E-state index contributed by atoms with van der Waals surface area (Å²) >= 11 is 0. The Morgan fingerprint density at radius 2 is 1.23 bits per heavy atom. The highest BCUT2D eigenvalue weighted by molar-refractivity contribution is 5.98. The number of hydrogen-bond donors (Lipinski definition) is 1. The number of aromatic hydroxyl groups is 1. The number of hydrogen-bond acceptors (Lipinski definition) is 3. The van der Waals surface area contributed by atoms with E-state index >= 15 is 0 Å². The van der Waals surface area contributed by atoms with Gasteiger partial charge in [-0.2, -0.15) is 0 Å². The number of pyridine rings is 1. The Morgan fingerprint density at radius 3 is 1.98 bits per heavy atom. The first-order valence-electron chi connectivity index (χ1n) is 35.3. The van der Waals surface area contributed by atoms with Crippen molar-refractivity contribution in [3.05, 3.63) is 193 Å². The van der Waals surface area contributed by atoms with Crippen molar-refractivity contribution in [2.24, 2.45) is 0 Å². The summed E-state index contributed by atoms with van der Waals surface area (Å²) in [5.41, 5.74) is -18.8. The number of phenolic OH excluding ortho intramolecular Hbond substituents is 1. The van der Waals surface area contributed by atoms with Gasteiger partial charge in [-0.25, -0.2) is 4.98 Å². The molecule has 2 aromatic heterocycles. The van der Waals surface area contributed by atoms with E-state index in [0.29, 0.717) is 16.2 Å². The minimum absolute atomic E-state index is 0.0180. The third kappa shape index (κ3) is 7.30. The molecule has 1 N–H and O–H groups in total. The number of phenols is 1. The zero-order chi connectivity index (χ0) is 71.4. The van der Waals surface area contributed by atoms with Crippen LogP contribution < -0.4 is 0 Å². The fourth-order valence-electron chi connectivity index (χ4n) is 6.75. The lowest BCUT2D eigenvalue weighted by atomic mass is 9.79.